The molecule has 2 rings (SSSR count). The van der Waals surface area contributed by atoms with Gasteiger partial charge in [0.05, 0.1) is 11.9 Å². The lowest BCUT2D eigenvalue weighted by atomic mass is 10.2. The molecule has 0 spiro atoms. The second-order valence-electron chi connectivity index (χ2n) is 5.33. The Bertz CT molecular complexity index is 355. The van der Waals surface area contributed by atoms with Crippen molar-refractivity contribution in [3.05, 3.63) is 18.3 Å². The molecule has 1 saturated heterocycles. The van der Waals surface area contributed by atoms with Crippen molar-refractivity contribution in [1.82, 2.24) is 9.88 Å². The van der Waals surface area contributed by atoms with Crippen molar-refractivity contribution < 1.29 is 0 Å². The lowest BCUT2D eigenvalue weighted by Crippen LogP contribution is -2.46. The summed E-state index contributed by atoms with van der Waals surface area (Å²) in [7, 11) is 0. The van der Waals surface area contributed by atoms with Crippen LogP contribution in [0.25, 0.3) is 0 Å². The Morgan fingerprint density at radius 2 is 1.89 bits per heavy atom. The highest BCUT2D eigenvalue weighted by atomic mass is 15.3. The van der Waals surface area contributed by atoms with Crippen LogP contribution in [0.15, 0.2) is 18.3 Å². The van der Waals surface area contributed by atoms with Crippen LogP contribution in [-0.4, -0.2) is 42.6 Å². The predicted octanol–water partition coefficient (Wildman–Crippen LogP) is 2.37. The largest absolute Gasteiger partial charge is 0.384 e. The van der Waals surface area contributed by atoms with E-state index in [9.17, 15) is 0 Å². The van der Waals surface area contributed by atoms with Crippen LogP contribution in [0, 0.1) is 0 Å². The molecule has 1 aromatic rings. The summed E-state index contributed by atoms with van der Waals surface area (Å²) in [5.41, 5.74) is 6.81. The van der Waals surface area contributed by atoms with Gasteiger partial charge in [0, 0.05) is 26.2 Å². The first-order valence-corrected chi connectivity index (χ1v) is 7.48. The van der Waals surface area contributed by atoms with Gasteiger partial charge in [0.2, 0.25) is 0 Å². The molecule has 1 aromatic heterocycles. The molecule has 0 atom stereocenters. The van der Waals surface area contributed by atoms with Crippen molar-refractivity contribution >= 4 is 11.5 Å². The molecule has 106 valence electrons. The van der Waals surface area contributed by atoms with Crippen LogP contribution < -0.4 is 10.6 Å². The lowest BCUT2D eigenvalue weighted by molar-refractivity contribution is 0.252. The standard InChI is InChI=1S/C15H26N4/c1-2-3-4-5-8-18-9-11-19(12-10-18)14-6-7-15(16)17-13-14/h6-7,13H,2-5,8-12H2,1H3,(H2,16,17). The monoisotopic (exact) mass is 262 g/mol. The Kier molecular flexibility index (Phi) is 5.45. The van der Waals surface area contributed by atoms with Gasteiger partial charge in [-0.05, 0) is 25.1 Å². The van der Waals surface area contributed by atoms with Gasteiger partial charge in [0.15, 0.2) is 0 Å². The zero-order valence-corrected chi connectivity index (χ0v) is 12.0. The van der Waals surface area contributed by atoms with E-state index in [-0.39, 0.29) is 0 Å². The minimum absolute atomic E-state index is 0.596. The molecule has 4 heteroatoms. The van der Waals surface area contributed by atoms with E-state index in [0.717, 1.165) is 26.2 Å². The number of anilines is 2. The van der Waals surface area contributed by atoms with E-state index in [1.54, 1.807) is 0 Å². The van der Waals surface area contributed by atoms with Gasteiger partial charge in [-0.2, -0.15) is 0 Å². The first-order chi connectivity index (χ1) is 9.29. The fourth-order valence-corrected chi connectivity index (χ4v) is 2.58. The minimum atomic E-state index is 0.596. The maximum Gasteiger partial charge on any atom is 0.123 e. The van der Waals surface area contributed by atoms with E-state index >= 15 is 0 Å². The summed E-state index contributed by atoms with van der Waals surface area (Å²) in [6.07, 6.45) is 7.29. The molecule has 0 radical (unpaired) electrons. The number of nitrogen functional groups attached to an aromatic ring is 1. The number of rotatable bonds is 6. The van der Waals surface area contributed by atoms with E-state index in [1.807, 2.05) is 12.3 Å². The Morgan fingerprint density at radius 1 is 1.11 bits per heavy atom. The molecular weight excluding hydrogens is 236 g/mol. The maximum absolute atomic E-state index is 5.62. The number of hydrogen-bond donors (Lipinski definition) is 1. The number of hydrogen-bond acceptors (Lipinski definition) is 4. The Hall–Kier alpha value is -1.29. The third-order valence-corrected chi connectivity index (χ3v) is 3.84. The zero-order valence-electron chi connectivity index (χ0n) is 12.0. The number of nitrogens with two attached hydrogens (primary N) is 1. The van der Waals surface area contributed by atoms with Gasteiger partial charge in [0.1, 0.15) is 5.82 Å². The summed E-state index contributed by atoms with van der Waals surface area (Å²) in [6.45, 7) is 8.04. The van der Waals surface area contributed by atoms with Crippen molar-refractivity contribution in [2.45, 2.75) is 32.6 Å². The fourth-order valence-electron chi connectivity index (χ4n) is 2.58. The molecule has 2 heterocycles. The number of nitrogens with zero attached hydrogens (tertiary/aromatic N) is 3. The van der Waals surface area contributed by atoms with Gasteiger partial charge in [-0.15, -0.1) is 0 Å². The second kappa shape index (κ2) is 7.34. The number of unbranched alkanes of at least 4 members (excludes halogenated alkanes) is 3. The summed E-state index contributed by atoms with van der Waals surface area (Å²) in [5, 5.41) is 0. The van der Waals surface area contributed by atoms with Gasteiger partial charge < -0.3 is 10.6 Å². The average molecular weight is 262 g/mol. The molecule has 2 N–H and O–H groups in total. The van der Waals surface area contributed by atoms with E-state index in [1.165, 1.54) is 37.9 Å². The first-order valence-electron chi connectivity index (χ1n) is 7.48. The van der Waals surface area contributed by atoms with Crippen molar-refractivity contribution in [3.8, 4) is 0 Å². The van der Waals surface area contributed by atoms with Crippen LogP contribution in [0.4, 0.5) is 11.5 Å². The number of piperazine rings is 1. The van der Waals surface area contributed by atoms with Crippen molar-refractivity contribution in [2.75, 3.05) is 43.4 Å². The Balaban J connectivity index is 1.71. The molecule has 0 aromatic carbocycles. The molecule has 0 saturated carbocycles. The normalized spacial score (nSPS) is 16.8. The van der Waals surface area contributed by atoms with Crippen molar-refractivity contribution in [3.63, 3.8) is 0 Å². The van der Waals surface area contributed by atoms with Gasteiger partial charge >= 0.3 is 0 Å². The minimum Gasteiger partial charge on any atom is -0.384 e. The summed E-state index contributed by atoms with van der Waals surface area (Å²) in [5.74, 6) is 0.596. The highest BCUT2D eigenvalue weighted by molar-refractivity contribution is 5.48. The van der Waals surface area contributed by atoms with Crippen LogP contribution in [0.3, 0.4) is 0 Å². The molecule has 19 heavy (non-hydrogen) atoms. The molecule has 1 aliphatic rings. The summed E-state index contributed by atoms with van der Waals surface area (Å²) < 4.78 is 0. The SMILES string of the molecule is CCCCCCN1CCN(c2ccc(N)nc2)CC1. The molecule has 0 bridgehead atoms. The molecule has 0 unspecified atom stereocenters. The number of aromatic nitrogens is 1. The van der Waals surface area contributed by atoms with Gasteiger partial charge in [-0.3, -0.25) is 4.90 Å². The summed E-state index contributed by atoms with van der Waals surface area (Å²) in [4.78, 5) is 9.14. The molecule has 4 nitrogen and oxygen atoms in total. The fraction of sp³-hybridized carbons (Fsp3) is 0.667. The van der Waals surface area contributed by atoms with Crippen LogP contribution in [-0.2, 0) is 0 Å². The highest BCUT2D eigenvalue weighted by Gasteiger charge is 2.16. The Labute approximate surface area is 116 Å². The first kappa shape index (κ1) is 14.1. The highest BCUT2D eigenvalue weighted by Crippen LogP contribution is 2.16. The lowest BCUT2D eigenvalue weighted by Gasteiger charge is -2.36. The van der Waals surface area contributed by atoms with Crippen LogP contribution in [0.2, 0.25) is 0 Å². The third-order valence-electron chi connectivity index (χ3n) is 3.84. The Morgan fingerprint density at radius 3 is 2.53 bits per heavy atom. The second-order valence-corrected chi connectivity index (χ2v) is 5.33. The molecule has 1 fully saturated rings. The summed E-state index contributed by atoms with van der Waals surface area (Å²) in [6, 6.07) is 3.95. The maximum atomic E-state index is 5.62. The molecule has 1 aliphatic heterocycles. The molecule has 0 amide bonds. The smallest absolute Gasteiger partial charge is 0.123 e. The van der Waals surface area contributed by atoms with Crippen molar-refractivity contribution in [1.29, 1.82) is 0 Å². The van der Waals surface area contributed by atoms with E-state index < -0.39 is 0 Å². The van der Waals surface area contributed by atoms with Gasteiger partial charge in [0.25, 0.3) is 0 Å². The quantitative estimate of drug-likeness (QED) is 0.799. The van der Waals surface area contributed by atoms with Crippen LogP contribution in [0.5, 0.6) is 0 Å². The van der Waals surface area contributed by atoms with E-state index in [2.05, 4.69) is 27.8 Å². The molecular formula is C15H26N4. The topological polar surface area (TPSA) is 45.4 Å². The van der Waals surface area contributed by atoms with Gasteiger partial charge in [-0.25, -0.2) is 4.98 Å². The third kappa shape index (κ3) is 4.39. The van der Waals surface area contributed by atoms with Crippen LogP contribution >= 0.6 is 0 Å². The van der Waals surface area contributed by atoms with Crippen molar-refractivity contribution in [2.24, 2.45) is 0 Å². The van der Waals surface area contributed by atoms with E-state index in [4.69, 9.17) is 5.73 Å². The average Bonchev–Trinajstić information content (AvgIpc) is 2.45. The zero-order chi connectivity index (χ0) is 13.5. The molecule has 0 aliphatic carbocycles. The van der Waals surface area contributed by atoms with Gasteiger partial charge in [-0.1, -0.05) is 26.2 Å². The van der Waals surface area contributed by atoms with E-state index in [0.29, 0.717) is 5.82 Å². The summed E-state index contributed by atoms with van der Waals surface area (Å²) >= 11 is 0. The van der Waals surface area contributed by atoms with Crippen LogP contribution in [0.1, 0.15) is 32.6 Å². The predicted molar refractivity (Wildman–Crippen MR) is 81.4 cm³/mol. The number of pyridine rings is 1.